The zero-order valence-electron chi connectivity index (χ0n) is 31.3. The van der Waals surface area contributed by atoms with Crippen LogP contribution < -0.4 is 22.1 Å². The first-order chi connectivity index (χ1) is 25.6. The van der Waals surface area contributed by atoms with E-state index < -0.39 is 41.7 Å². The first-order valence-corrected chi connectivity index (χ1v) is 19.0. The van der Waals surface area contributed by atoms with Crippen LogP contribution in [-0.4, -0.2) is 63.6 Å². The highest BCUT2D eigenvalue weighted by Gasteiger charge is 2.34. The van der Waals surface area contributed by atoms with Crippen molar-refractivity contribution in [2.75, 3.05) is 6.54 Å². The lowest BCUT2D eigenvalue weighted by Crippen LogP contribution is -2.49. The highest BCUT2D eigenvalue weighted by atomic mass is 35.5. The van der Waals surface area contributed by atoms with Crippen molar-refractivity contribution in [1.29, 1.82) is 0 Å². The Bertz CT molecular complexity index is 1750. The fourth-order valence-electron chi connectivity index (χ4n) is 6.24. The van der Waals surface area contributed by atoms with Gasteiger partial charge in [-0.05, 0) is 67.3 Å². The molecule has 12 nitrogen and oxygen atoms in total. The smallest absolute Gasteiger partial charge is 0.307 e. The number of carboxylic acid groups (broad SMARTS) is 1. The Morgan fingerprint density at radius 2 is 1.54 bits per heavy atom. The second kappa shape index (κ2) is 21.3. The molecule has 54 heavy (non-hydrogen) atoms. The predicted molar refractivity (Wildman–Crippen MR) is 212 cm³/mol. The van der Waals surface area contributed by atoms with Gasteiger partial charge in [-0.2, -0.15) is 0 Å². The average Bonchev–Trinajstić information content (AvgIpc) is 3.61. The van der Waals surface area contributed by atoms with E-state index >= 15 is 0 Å². The van der Waals surface area contributed by atoms with E-state index in [1.165, 1.54) is 0 Å². The number of carboxylic acids is 1. The molecule has 0 unspecified atom stereocenters. The molecule has 0 saturated heterocycles. The van der Waals surface area contributed by atoms with Crippen molar-refractivity contribution < 1.29 is 29.1 Å². The monoisotopic (exact) mass is 782 g/mol. The van der Waals surface area contributed by atoms with Crippen LogP contribution >= 0.6 is 23.2 Å². The molecule has 0 spiro atoms. The maximum Gasteiger partial charge on any atom is 0.307 e. The summed E-state index contributed by atoms with van der Waals surface area (Å²) in [6.45, 7) is 7.79. The zero-order valence-corrected chi connectivity index (χ0v) is 32.8. The molecule has 0 aliphatic rings. The van der Waals surface area contributed by atoms with Gasteiger partial charge in [0.25, 0.3) is 5.91 Å². The van der Waals surface area contributed by atoms with Crippen molar-refractivity contribution in [2.24, 2.45) is 40.1 Å². The average molecular weight is 784 g/mol. The van der Waals surface area contributed by atoms with Gasteiger partial charge in [-0.1, -0.05) is 87.6 Å². The van der Waals surface area contributed by atoms with Gasteiger partial charge in [0.05, 0.1) is 23.6 Å². The van der Waals surface area contributed by atoms with Crippen LogP contribution in [-0.2, 0) is 25.6 Å². The highest BCUT2D eigenvalue weighted by Crippen LogP contribution is 2.24. The Labute approximate surface area is 327 Å². The molecule has 14 heteroatoms. The molecule has 0 radical (unpaired) electrons. The van der Waals surface area contributed by atoms with E-state index in [0.29, 0.717) is 35.0 Å². The highest BCUT2D eigenvalue weighted by molar-refractivity contribution is 6.34. The quantitative estimate of drug-likeness (QED) is 0.0465. The van der Waals surface area contributed by atoms with E-state index in [1.807, 2.05) is 58.0 Å². The van der Waals surface area contributed by atoms with Gasteiger partial charge in [-0.15, -0.1) is 0 Å². The molecule has 0 aliphatic heterocycles. The van der Waals surface area contributed by atoms with Gasteiger partial charge in [0.15, 0.2) is 17.5 Å². The Morgan fingerprint density at radius 1 is 0.889 bits per heavy atom. The first kappa shape index (κ1) is 43.7. The lowest BCUT2D eigenvalue weighted by atomic mass is 9.85. The molecule has 0 aliphatic carbocycles. The number of aliphatic carboxylic acids is 1. The summed E-state index contributed by atoms with van der Waals surface area (Å²) in [5.74, 6) is -4.98. The normalized spacial score (nSPS) is 14.0. The SMILES string of the molecule is CC[C@H](C)[C@H](NC(=O)[C@@H](CC(=O)[C@H](CCCN=C(N)N)NC(=O)c1ccn(-c2cc(Cl)cc(Cl)c2)c1)CC(C)C)C(=O)C[C@@H](Cc1ccccc1)C(=O)O. The molecule has 2 amide bonds. The van der Waals surface area contributed by atoms with Gasteiger partial charge < -0.3 is 31.8 Å². The van der Waals surface area contributed by atoms with Crippen LogP contribution in [0.1, 0.15) is 82.1 Å². The van der Waals surface area contributed by atoms with Crippen molar-refractivity contribution >= 4 is 58.5 Å². The molecular formula is C40H52Cl2N6O6. The molecule has 2 aromatic carbocycles. The molecule has 1 heterocycles. The molecule has 0 bridgehead atoms. The van der Waals surface area contributed by atoms with Crippen molar-refractivity contribution in [3.05, 3.63) is 88.2 Å². The number of carbonyl (C=O) groups is 5. The van der Waals surface area contributed by atoms with Crippen LogP contribution in [0.3, 0.4) is 0 Å². The number of ketones is 2. The third-order valence-electron chi connectivity index (χ3n) is 9.29. The van der Waals surface area contributed by atoms with Gasteiger partial charge in [0.1, 0.15) is 0 Å². The number of hydrogen-bond donors (Lipinski definition) is 5. The van der Waals surface area contributed by atoms with Crippen LogP contribution in [0.25, 0.3) is 5.69 Å². The molecule has 0 saturated carbocycles. The van der Waals surface area contributed by atoms with Crippen molar-refractivity contribution in [1.82, 2.24) is 15.2 Å². The number of nitrogens with two attached hydrogens (primary N) is 2. The molecule has 3 rings (SSSR count). The topological polar surface area (TPSA) is 199 Å². The van der Waals surface area contributed by atoms with Crippen LogP contribution in [0.4, 0.5) is 0 Å². The molecule has 3 aromatic rings. The number of halogens is 2. The van der Waals surface area contributed by atoms with Gasteiger partial charge >= 0.3 is 5.97 Å². The summed E-state index contributed by atoms with van der Waals surface area (Å²) in [6.07, 6.45) is 4.43. The van der Waals surface area contributed by atoms with Gasteiger partial charge in [-0.25, -0.2) is 0 Å². The summed E-state index contributed by atoms with van der Waals surface area (Å²) >= 11 is 12.3. The van der Waals surface area contributed by atoms with Crippen molar-refractivity contribution in [2.45, 2.75) is 84.7 Å². The van der Waals surface area contributed by atoms with E-state index in [9.17, 15) is 29.1 Å². The van der Waals surface area contributed by atoms with Crippen LogP contribution in [0.5, 0.6) is 0 Å². The minimum Gasteiger partial charge on any atom is -0.481 e. The van der Waals surface area contributed by atoms with Crippen LogP contribution in [0.2, 0.25) is 10.0 Å². The zero-order chi connectivity index (χ0) is 39.9. The number of carbonyl (C=O) groups excluding carboxylic acids is 4. The minimum atomic E-state index is -1.09. The van der Waals surface area contributed by atoms with E-state index in [4.69, 9.17) is 34.7 Å². The molecular weight excluding hydrogens is 731 g/mol. The van der Waals surface area contributed by atoms with E-state index in [1.54, 1.807) is 41.2 Å². The van der Waals surface area contributed by atoms with Crippen molar-refractivity contribution in [3.8, 4) is 5.69 Å². The largest absolute Gasteiger partial charge is 0.481 e. The summed E-state index contributed by atoms with van der Waals surface area (Å²) in [4.78, 5) is 71.3. The number of benzene rings is 2. The van der Waals surface area contributed by atoms with E-state index in [2.05, 4.69) is 15.6 Å². The fourth-order valence-corrected chi connectivity index (χ4v) is 6.75. The van der Waals surface area contributed by atoms with E-state index in [0.717, 1.165) is 5.56 Å². The number of aliphatic imine (C=N–C) groups is 1. The molecule has 0 fully saturated rings. The summed E-state index contributed by atoms with van der Waals surface area (Å²) in [6, 6.07) is 13.7. The van der Waals surface area contributed by atoms with Gasteiger partial charge in [0.2, 0.25) is 5.91 Å². The summed E-state index contributed by atoms with van der Waals surface area (Å²) in [5, 5.41) is 16.5. The van der Waals surface area contributed by atoms with Crippen LogP contribution in [0, 0.1) is 23.7 Å². The third kappa shape index (κ3) is 13.9. The molecule has 5 atom stereocenters. The third-order valence-corrected chi connectivity index (χ3v) is 9.73. The first-order valence-electron chi connectivity index (χ1n) is 18.2. The molecule has 1 aromatic heterocycles. The summed E-state index contributed by atoms with van der Waals surface area (Å²) in [7, 11) is 0. The standard InChI is InChI=1S/C40H52Cl2N6O6/c1-5-25(4)36(35(50)19-29(39(53)54)17-26-10-7-6-8-11-26)47-38(52)28(16-24(2)3)18-34(49)33(12-9-14-45-40(43)44)46-37(51)27-13-15-48(23-27)32-21-30(41)20-31(42)22-32/h6-8,10-11,13,15,20-25,28-29,33,36H,5,9,12,14,16-19H2,1-4H3,(H,46,51)(H,47,52)(H,53,54)(H4,43,44,45)/t25-,28+,29+,33-,36-/m0/s1. The minimum absolute atomic E-state index is 0.0169. The fraction of sp³-hybridized carbons (Fsp3) is 0.450. The summed E-state index contributed by atoms with van der Waals surface area (Å²) < 4.78 is 1.68. The Hall–Kier alpha value is -4.68. The number of aromatic nitrogens is 1. The summed E-state index contributed by atoms with van der Waals surface area (Å²) in [5.41, 5.74) is 12.7. The molecule has 292 valence electrons. The Balaban J connectivity index is 1.80. The number of nitrogens with one attached hydrogen (secondary N) is 2. The molecule has 7 N–H and O–H groups in total. The Kier molecular flexibility index (Phi) is 17.2. The second-order valence-electron chi connectivity index (χ2n) is 14.2. The predicted octanol–water partition coefficient (Wildman–Crippen LogP) is 5.99. The van der Waals surface area contributed by atoms with Gasteiger partial charge in [0, 0.05) is 53.4 Å². The number of guanidine groups is 1. The number of nitrogens with zero attached hydrogens (tertiary/aromatic N) is 2. The maximum atomic E-state index is 14.0. The number of hydrogen-bond acceptors (Lipinski definition) is 6. The van der Waals surface area contributed by atoms with Crippen molar-refractivity contribution in [3.63, 3.8) is 0 Å². The lowest BCUT2D eigenvalue weighted by molar-refractivity contribution is -0.144. The number of Topliss-reactive ketones (excluding diaryl/α,β-unsaturated/α-hetero) is 2. The van der Waals surface area contributed by atoms with Crippen LogP contribution in [0.15, 0.2) is 72.0 Å². The Morgan fingerprint density at radius 3 is 2.13 bits per heavy atom. The lowest BCUT2D eigenvalue weighted by Gasteiger charge is -2.28. The maximum absolute atomic E-state index is 14.0. The van der Waals surface area contributed by atoms with E-state index in [-0.39, 0.29) is 67.2 Å². The van der Waals surface area contributed by atoms with Gasteiger partial charge in [-0.3, -0.25) is 29.0 Å². The number of rotatable bonds is 22. The second-order valence-corrected chi connectivity index (χ2v) is 15.0. The number of amides is 2.